The molecule has 2 aromatic rings. The van der Waals surface area contributed by atoms with Crippen LogP contribution in [0.25, 0.3) is 0 Å². The van der Waals surface area contributed by atoms with E-state index in [0.29, 0.717) is 13.2 Å². The van der Waals surface area contributed by atoms with Crippen LogP contribution >= 0.6 is 24.0 Å². The lowest BCUT2D eigenvalue weighted by Gasteiger charge is -2.26. The Hall–Kier alpha value is -1.91. The van der Waals surface area contributed by atoms with Crippen LogP contribution in [0.2, 0.25) is 0 Å². The lowest BCUT2D eigenvalue weighted by atomic mass is 10.2. The quantitative estimate of drug-likeness (QED) is 0.298. The number of hydrogen-bond donors (Lipinski definition) is 2. The second-order valence-electron chi connectivity index (χ2n) is 6.83. The van der Waals surface area contributed by atoms with Gasteiger partial charge in [0.1, 0.15) is 12.4 Å². The number of hydrogen-bond acceptors (Lipinski definition) is 5. The maximum absolute atomic E-state index is 5.86. The molecule has 0 radical (unpaired) electrons. The summed E-state index contributed by atoms with van der Waals surface area (Å²) in [6.07, 6.45) is 1.78. The number of aliphatic imine (C=N–C) groups is 1. The second-order valence-corrected chi connectivity index (χ2v) is 6.83. The molecule has 1 aromatic heterocycles. The number of nitrogens with one attached hydrogen (secondary N) is 2. The van der Waals surface area contributed by atoms with Gasteiger partial charge in [-0.15, -0.1) is 24.0 Å². The molecule has 3 rings (SSSR count). The predicted molar refractivity (Wildman–Crippen MR) is 131 cm³/mol. The summed E-state index contributed by atoms with van der Waals surface area (Å²) in [6, 6.07) is 13.9. The lowest BCUT2D eigenvalue weighted by Crippen LogP contribution is -2.44. The first-order chi connectivity index (χ1) is 14.3. The average Bonchev–Trinajstić information content (AvgIpc) is 2.78. The second kappa shape index (κ2) is 14.2. The Balaban J connectivity index is 0.00000320. The number of guanidine groups is 1. The third-order valence-corrected chi connectivity index (χ3v) is 4.60. The summed E-state index contributed by atoms with van der Waals surface area (Å²) in [6.45, 7) is 9.46. The Morgan fingerprint density at radius 2 is 2.03 bits per heavy atom. The van der Waals surface area contributed by atoms with Crippen LogP contribution in [0.5, 0.6) is 5.75 Å². The van der Waals surface area contributed by atoms with Crippen LogP contribution in [-0.4, -0.2) is 61.8 Å². The normalized spacial score (nSPS) is 14.6. The minimum absolute atomic E-state index is 0. The molecule has 30 heavy (non-hydrogen) atoms. The SMILES string of the molecule is CCNC(=NCc1cccc(OCc2ccccn2)c1)NCCN1CCOCC1.I. The first-order valence-corrected chi connectivity index (χ1v) is 10.3. The molecule has 0 spiro atoms. The maximum Gasteiger partial charge on any atom is 0.191 e. The minimum Gasteiger partial charge on any atom is -0.487 e. The van der Waals surface area contributed by atoms with Gasteiger partial charge in [0.15, 0.2) is 5.96 Å². The van der Waals surface area contributed by atoms with Crippen molar-refractivity contribution in [1.82, 2.24) is 20.5 Å². The van der Waals surface area contributed by atoms with E-state index in [1.165, 1.54) is 0 Å². The van der Waals surface area contributed by atoms with Gasteiger partial charge in [-0.25, -0.2) is 4.99 Å². The van der Waals surface area contributed by atoms with Gasteiger partial charge in [-0.3, -0.25) is 9.88 Å². The fraction of sp³-hybridized carbons (Fsp3) is 0.455. The zero-order valence-corrected chi connectivity index (χ0v) is 19.9. The van der Waals surface area contributed by atoms with Gasteiger partial charge < -0.3 is 20.1 Å². The summed E-state index contributed by atoms with van der Waals surface area (Å²) < 4.78 is 11.3. The monoisotopic (exact) mass is 525 g/mol. The van der Waals surface area contributed by atoms with Crippen LogP contribution in [-0.2, 0) is 17.9 Å². The van der Waals surface area contributed by atoms with Gasteiger partial charge in [0, 0.05) is 38.9 Å². The van der Waals surface area contributed by atoms with Crippen LogP contribution in [0.1, 0.15) is 18.2 Å². The molecule has 0 unspecified atom stereocenters. The van der Waals surface area contributed by atoms with Gasteiger partial charge in [-0.1, -0.05) is 18.2 Å². The average molecular weight is 525 g/mol. The Morgan fingerprint density at radius 1 is 1.17 bits per heavy atom. The van der Waals surface area contributed by atoms with E-state index < -0.39 is 0 Å². The molecule has 8 heteroatoms. The number of morpholine rings is 1. The van der Waals surface area contributed by atoms with E-state index in [2.05, 4.69) is 33.5 Å². The van der Waals surface area contributed by atoms with Crippen molar-refractivity contribution >= 4 is 29.9 Å². The summed E-state index contributed by atoms with van der Waals surface area (Å²) in [5.41, 5.74) is 2.02. The first-order valence-electron chi connectivity index (χ1n) is 10.3. The number of rotatable bonds is 9. The van der Waals surface area contributed by atoms with Gasteiger partial charge >= 0.3 is 0 Å². The predicted octanol–water partition coefficient (Wildman–Crippen LogP) is 2.67. The molecule has 1 aromatic carbocycles. The van der Waals surface area contributed by atoms with Gasteiger partial charge in [0.25, 0.3) is 0 Å². The summed E-state index contributed by atoms with van der Waals surface area (Å²) in [4.78, 5) is 11.4. The molecule has 0 bridgehead atoms. The van der Waals surface area contributed by atoms with Crippen molar-refractivity contribution in [2.75, 3.05) is 45.9 Å². The standard InChI is InChI=1S/C22H31N5O2.HI/c1-2-23-22(25-10-11-27-12-14-28-15-13-27)26-17-19-6-5-8-21(16-19)29-18-20-7-3-4-9-24-20;/h3-9,16H,2,10-15,17-18H2,1H3,(H2,23,25,26);1H. The number of benzene rings is 1. The van der Waals surface area contributed by atoms with Crippen LogP contribution < -0.4 is 15.4 Å². The molecule has 7 nitrogen and oxygen atoms in total. The Morgan fingerprint density at radius 3 is 2.80 bits per heavy atom. The number of aromatic nitrogens is 1. The third-order valence-electron chi connectivity index (χ3n) is 4.60. The van der Waals surface area contributed by atoms with Crippen LogP contribution in [0.15, 0.2) is 53.7 Å². The molecule has 0 amide bonds. The number of pyridine rings is 1. The molecule has 2 N–H and O–H groups in total. The Labute approximate surface area is 196 Å². The summed E-state index contributed by atoms with van der Waals surface area (Å²) in [5, 5.41) is 6.72. The van der Waals surface area contributed by atoms with Crippen molar-refractivity contribution in [1.29, 1.82) is 0 Å². The van der Waals surface area contributed by atoms with Gasteiger partial charge in [0.05, 0.1) is 25.5 Å². The van der Waals surface area contributed by atoms with Crippen LogP contribution in [0, 0.1) is 0 Å². The molecule has 1 aliphatic rings. The number of halogens is 1. The summed E-state index contributed by atoms with van der Waals surface area (Å²) in [5.74, 6) is 1.66. The van der Waals surface area contributed by atoms with Gasteiger partial charge in [-0.2, -0.15) is 0 Å². The van der Waals surface area contributed by atoms with Crippen LogP contribution in [0.3, 0.4) is 0 Å². The summed E-state index contributed by atoms with van der Waals surface area (Å²) in [7, 11) is 0. The van der Waals surface area contributed by atoms with E-state index >= 15 is 0 Å². The highest BCUT2D eigenvalue weighted by molar-refractivity contribution is 14.0. The molecule has 164 valence electrons. The molecule has 1 saturated heterocycles. The molecule has 1 fully saturated rings. The largest absolute Gasteiger partial charge is 0.487 e. The third kappa shape index (κ3) is 8.85. The highest BCUT2D eigenvalue weighted by Gasteiger charge is 2.09. The molecular weight excluding hydrogens is 493 g/mol. The smallest absolute Gasteiger partial charge is 0.191 e. The summed E-state index contributed by atoms with van der Waals surface area (Å²) >= 11 is 0. The van der Waals surface area contributed by atoms with Gasteiger partial charge in [-0.05, 0) is 36.8 Å². The zero-order valence-electron chi connectivity index (χ0n) is 17.5. The minimum atomic E-state index is 0. The van der Waals surface area contributed by atoms with Crippen molar-refractivity contribution < 1.29 is 9.47 Å². The van der Waals surface area contributed by atoms with E-state index in [0.717, 1.165) is 68.9 Å². The fourth-order valence-corrected chi connectivity index (χ4v) is 3.04. The molecular formula is C22H32IN5O2. The van der Waals surface area contributed by atoms with Crippen molar-refractivity contribution in [2.24, 2.45) is 4.99 Å². The molecule has 0 saturated carbocycles. The van der Waals surface area contributed by atoms with E-state index in [-0.39, 0.29) is 24.0 Å². The number of ether oxygens (including phenoxy) is 2. The molecule has 2 heterocycles. The lowest BCUT2D eigenvalue weighted by molar-refractivity contribution is 0.0389. The zero-order chi connectivity index (χ0) is 20.2. The van der Waals surface area contributed by atoms with Crippen molar-refractivity contribution in [3.05, 3.63) is 59.9 Å². The highest BCUT2D eigenvalue weighted by Crippen LogP contribution is 2.15. The fourth-order valence-electron chi connectivity index (χ4n) is 3.04. The molecule has 0 aliphatic carbocycles. The van der Waals surface area contributed by atoms with Crippen molar-refractivity contribution in [3.63, 3.8) is 0 Å². The van der Waals surface area contributed by atoms with E-state index in [9.17, 15) is 0 Å². The Bertz CT molecular complexity index is 754. The van der Waals surface area contributed by atoms with E-state index in [1.54, 1.807) is 6.20 Å². The van der Waals surface area contributed by atoms with Crippen molar-refractivity contribution in [3.8, 4) is 5.75 Å². The topological polar surface area (TPSA) is 71.0 Å². The van der Waals surface area contributed by atoms with E-state index in [4.69, 9.17) is 14.5 Å². The van der Waals surface area contributed by atoms with Gasteiger partial charge in [0.2, 0.25) is 0 Å². The molecule has 1 aliphatic heterocycles. The number of nitrogens with zero attached hydrogens (tertiary/aromatic N) is 3. The first kappa shape index (κ1) is 24.4. The van der Waals surface area contributed by atoms with Crippen molar-refractivity contribution in [2.45, 2.75) is 20.1 Å². The van der Waals surface area contributed by atoms with E-state index in [1.807, 2.05) is 36.4 Å². The maximum atomic E-state index is 5.86. The Kier molecular flexibility index (Phi) is 11.5. The highest BCUT2D eigenvalue weighted by atomic mass is 127. The molecule has 0 atom stereocenters. The van der Waals surface area contributed by atoms with Crippen LogP contribution in [0.4, 0.5) is 0 Å².